The van der Waals surface area contributed by atoms with Gasteiger partial charge in [0.2, 0.25) is 5.91 Å². The largest absolute Gasteiger partial charge is 0.494 e. The maximum absolute atomic E-state index is 12.6. The number of ether oxygens (including phenoxy) is 2. The number of carbonyl (C=O) groups is 1. The number of benzene rings is 2. The average Bonchev–Trinajstić information content (AvgIpc) is 3.26. The highest BCUT2D eigenvalue weighted by Crippen LogP contribution is 2.25. The van der Waals surface area contributed by atoms with Gasteiger partial charge in [-0.25, -0.2) is 0 Å². The zero-order valence-electron chi connectivity index (χ0n) is 18.3. The van der Waals surface area contributed by atoms with Gasteiger partial charge in [0, 0.05) is 25.2 Å². The topological polar surface area (TPSA) is 69.5 Å². The van der Waals surface area contributed by atoms with E-state index in [2.05, 4.69) is 26.9 Å². The number of thioether (sulfide) groups is 1. The number of aryl methyl sites for hydroxylation is 2. The number of nitrogens with zero attached hydrogens (tertiary/aromatic N) is 4. The smallest absolute Gasteiger partial charge is 0.233 e. The van der Waals surface area contributed by atoms with E-state index in [0.717, 1.165) is 35.3 Å². The minimum Gasteiger partial charge on any atom is -0.494 e. The Hall–Kier alpha value is -2.84. The predicted molar refractivity (Wildman–Crippen MR) is 125 cm³/mol. The van der Waals surface area contributed by atoms with Crippen molar-refractivity contribution in [2.24, 2.45) is 0 Å². The van der Waals surface area contributed by atoms with Crippen LogP contribution in [-0.4, -0.2) is 64.2 Å². The van der Waals surface area contributed by atoms with Gasteiger partial charge in [-0.2, -0.15) is 0 Å². The summed E-state index contributed by atoms with van der Waals surface area (Å²) in [6, 6.07) is 18.3. The Morgan fingerprint density at radius 2 is 1.78 bits per heavy atom. The minimum atomic E-state index is 0.102. The van der Waals surface area contributed by atoms with E-state index in [9.17, 15) is 4.79 Å². The number of rotatable bonds is 9. The van der Waals surface area contributed by atoms with Crippen molar-refractivity contribution in [2.45, 2.75) is 24.9 Å². The third-order valence-corrected chi connectivity index (χ3v) is 6.19. The van der Waals surface area contributed by atoms with E-state index >= 15 is 0 Å². The Labute approximate surface area is 192 Å². The summed E-state index contributed by atoms with van der Waals surface area (Å²) in [5, 5.41) is 9.62. The Kier molecular flexibility index (Phi) is 7.79. The molecule has 3 aromatic rings. The summed E-state index contributed by atoms with van der Waals surface area (Å²) in [7, 11) is 0. The number of aromatic nitrogens is 3. The van der Waals surface area contributed by atoms with E-state index in [-0.39, 0.29) is 5.91 Å². The molecule has 8 heteroatoms. The van der Waals surface area contributed by atoms with E-state index in [4.69, 9.17) is 9.47 Å². The van der Waals surface area contributed by atoms with Gasteiger partial charge < -0.3 is 14.4 Å². The van der Waals surface area contributed by atoms with Gasteiger partial charge >= 0.3 is 0 Å². The number of carbonyl (C=O) groups excluding carboxylic acids is 1. The van der Waals surface area contributed by atoms with Crippen molar-refractivity contribution in [1.29, 1.82) is 0 Å². The SMILES string of the molecule is CCOc1ccc(-n2c(CCc3ccccc3)nnc2SCC(=O)N2CCOCC2)cc1. The molecule has 1 amide bonds. The predicted octanol–water partition coefficient (Wildman–Crippen LogP) is 3.40. The summed E-state index contributed by atoms with van der Waals surface area (Å²) in [5.41, 5.74) is 2.22. The highest BCUT2D eigenvalue weighted by molar-refractivity contribution is 7.99. The number of amides is 1. The zero-order chi connectivity index (χ0) is 22.2. The van der Waals surface area contributed by atoms with Crippen LogP contribution in [0.4, 0.5) is 0 Å². The highest BCUT2D eigenvalue weighted by atomic mass is 32.2. The lowest BCUT2D eigenvalue weighted by molar-refractivity contribution is -0.132. The fourth-order valence-corrected chi connectivity index (χ4v) is 4.48. The van der Waals surface area contributed by atoms with Gasteiger partial charge in [-0.1, -0.05) is 42.1 Å². The molecule has 7 nitrogen and oxygen atoms in total. The minimum absolute atomic E-state index is 0.102. The van der Waals surface area contributed by atoms with Gasteiger partial charge in [0.25, 0.3) is 0 Å². The lowest BCUT2D eigenvalue weighted by Crippen LogP contribution is -2.41. The van der Waals surface area contributed by atoms with E-state index < -0.39 is 0 Å². The summed E-state index contributed by atoms with van der Waals surface area (Å²) < 4.78 is 13.0. The molecular weight excluding hydrogens is 424 g/mol. The van der Waals surface area contributed by atoms with Crippen LogP contribution in [0.15, 0.2) is 59.8 Å². The van der Waals surface area contributed by atoms with Crippen LogP contribution < -0.4 is 4.74 Å². The van der Waals surface area contributed by atoms with Gasteiger partial charge in [-0.05, 0) is 43.2 Å². The van der Waals surface area contributed by atoms with Crippen LogP contribution in [0.1, 0.15) is 18.3 Å². The quantitative estimate of drug-likeness (QED) is 0.464. The van der Waals surface area contributed by atoms with Gasteiger partial charge in [0.05, 0.1) is 25.6 Å². The first kappa shape index (κ1) is 22.4. The van der Waals surface area contributed by atoms with Gasteiger partial charge in [-0.3, -0.25) is 9.36 Å². The van der Waals surface area contributed by atoms with Crippen molar-refractivity contribution >= 4 is 17.7 Å². The molecule has 0 aliphatic carbocycles. The Morgan fingerprint density at radius 1 is 1.03 bits per heavy atom. The summed E-state index contributed by atoms with van der Waals surface area (Å²) in [6.45, 7) is 5.08. The second-order valence-corrected chi connectivity index (χ2v) is 8.37. The molecule has 1 saturated heterocycles. The first-order valence-electron chi connectivity index (χ1n) is 10.9. The van der Waals surface area contributed by atoms with Crippen molar-refractivity contribution in [3.63, 3.8) is 0 Å². The van der Waals surface area contributed by atoms with Crippen LogP contribution in [-0.2, 0) is 22.4 Å². The molecule has 2 heterocycles. The third kappa shape index (κ3) is 5.69. The number of hydrogen-bond donors (Lipinski definition) is 0. The summed E-state index contributed by atoms with van der Waals surface area (Å²) in [4.78, 5) is 14.5. The molecule has 0 N–H and O–H groups in total. The molecule has 32 heavy (non-hydrogen) atoms. The van der Waals surface area contributed by atoms with Crippen molar-refractivity contribution in [3.8, 4) is 11.4 Å². The lowest BCUT2D eigenvalue weighted by atomic mass is 10.1. The monoisotopic (exact) mass is 452 g/mol. The summed E-state index contributed by atoms with van der Waals surface area (Å²) >= 11 is 1.43. The maximum Gasteiger partial charge on any atom is 0.233 e. The molecule has 1 aromatic heterocycles. The fourth-order valence-electron chi connectivity index (χ4n) is 3.60. The van der Waals surface area contributed by atoms with Gasteiger partial charge in [0.1, 0.15) is 11.6 Å². The molecule has 1 fully saturated rings. The first-order valence-corrected chi connectivity index (χ1v) is 11.9. The van der Waals surface area contributed by atoms with E-state index in [1.807, 2.05) is 54.3 Å². The average molecular weight is 453 g/mol. The zero-order valence-corrected chi connectivity index (χ0v) is 19.1. The second-order valence-electron chi connectivity index (χ2n) is 7.43. The van der Waals surface area contributed by atoms with Crippen LogP contribution in [0.2, 0.25) is 0 Å². The molecule has 0 saturated carbocycles. The van der Waals surface area contributed by atoms with E-state index in [0.29, 0.717) is 38.7 Å². The molecule has 2 aromatic carbocycles. The van der Waals surface area contributed by atoms with Crippen LogP contribution in [0.25, 0.3) is 5.69 Å². The second kappa shape index (κ2) is 11.2. The molecule has 0 bridgehead atoms. The molecule has 1 aliphatic rings. The third-order valence-electron chi connectivity index (χ3n) is 5.27. The Morgan fingerprint density at radius 3 is 2.50 bits per heavy atom. The van der Waals surface area contributed by atoms with Crippen LogP contribution in [0.3, 0.4) is 0 Å². The molecular formula is C24H28N4O3S. The molecule has 4 rings (SSSR count). The van der Waals surface area contributed by atoms with Crippen molar-refractivity contribution in [3.05, 3.63) is 66.0 Å². The van der Waals surface area contributed by atoms with Crippen LogP contribution in [0.5, 0.6) is 5.75 Å². The maximum atomic E-state index is 12.6. The lowest BCUT2D eigenvalue weighted by Gasteiger charge is -2.26. The molecule has 168 valence electrons. The van der Waals surface area contributed by atoms with E-state index in [1.165, 1.54) is 17.3 Å². The van der Waals surface area contributed by atoms with Crippen molar-refractivity contribution in [1.82, 2.24) is 19.7 Å². The molecule has 0 spiro atoms. The number of morpholine rings is 1. The van der Waals surface area contributed by atoms with Crippen LogP contribution in [0, 0.1) is 0 Å². The van der Waals surface area contributed by atoms with Gasteiger partial charge in [0.15, 0.2) is 5.16 Å². The summed E-state index contributed by atoms with van der Waals surface area (Å²) in [5.74, 6) is 2.13. The molecule has 1 aliphatic heterocycles. The molecule has 0 unspecified atom stereocenters. The normalized spacial score (nSPS) is 13.8. The molecule has 0 radical (unpaired) electrons. The standard InChI is InChI=1S/C24H28N4O3S/c1-2-31-21-11-9-20(10-12-21)28-22(13-8-19-6-4-3-5-7-19)25-26-24(28)32-18-23(29)27-14-16-30-17-15-27/h3-7,9-12H,2,8,13-18H2,1H3. The highest BCUT2D eigenvalue weighted by Gasteiger charge is 2.20. The molecule has 0 atom stereocenters. The van der Waals surface area contributed by atoms with E-state index in [1.54, 1.807) is 0 Å². The van der Waals surface area contributed by atoms with Gasteiger partial charge in [-0.15, -0.1) is 10.2 Å². The van der Waals surface area contributed by atoms with Crippen LogP contribution >= 0.6 is 11.8 Å². The number of hydrogen-bond acceptors (Lipinski definition) is 6. The summed E-state index contributed by atoms with van der Waals surface area (Å²) in [6.07, 6.45) is 1.62. The fraction of sp³-hybridized carbons (Fsp3) is 0.375. The Balaban J connectivity index is 1.53. The van der Waals surface area contributed by atoms with Crippen molar-refractivity contribution in [2.75, 3.05) is 38.7 Å². The first-order chi connectivity index (χ1) is 15.7. The Bertz CT molecular complexity index is 1000. The van der Waals surface area contributed by atoms with Crippen molar-refractivity contribution < 1.29 is 14.3 Å².